The fraction of sp³-hybridized carbons (Fsp3) is 0.241. The zero-order chi connectivity index (χ0) is 24.5. The van der Waals surface area contributed by atoms with E-state index in [0.29, 0.717) is 16.2 Å². The van der Waals surface area contributed by atoms with Crippen LogP contribution in [-0.4, -0.2) is 20.8 Å². The van der Waals surface area contributed by atoms with E-state index in [4.69, 9.17) is 28.6 Å². The minimum atomic E-state index is -0.124. The quantitative estimate of drug-likeness (QED) is 0.280. The van der Waals surface area contributed by atoms with Crippen molar-refractivity contribution in [2.24, 2.45) is 0 Å². The molecular formula is C29H27ClN4OS. The van der Waals surface area contributed by atoms with Gasteiger partial charge in [-0.05, 0) is 105 Å². The van der Waals surface area contributed by atoms with Crippen molar-refractivity contribution < 1.29 is 4.74 Å². The molecule has 4 aromatic rings. The van der Waals surface area contributed by atoms with Crippen LogP contribution in [0.3, 0.4) is 0 Å². The SMILES string of the molecule is S=C1N[C@H](c2ccccn2)[C@@H](c2cccn2-c2cccc(Cl)c2)N1c1ccc(OC2CCCC2)cc1. The maximum atomic E-state index is 6.34. The summed E-state index contributed by atoms with van der Waals surface area (Å²) in [7, 11) is 0. The van der Waals surface area contributed by atoms with Crippen LogP contribution < -0.4 is 15.0 Å². The molecule has 2 aliphatic rings. The Morgan fingerprint density at radius 3 is 2.50 bits per heavy atom. The highest BCUT2D eigenvalue weighted by Gasteiger charge is 2.42. The molecule has 7 heteroatoms. The van der Waals surface area contributed by atoms with Crippen molar-refractivity contribution in [3.63, 3.8) is 0 Å². The Balaban J connectivity index is 1.40. The Morgan fingerprint density at radius 2 is 1.75 bits per heavy atom. The van der Waals surface area contributed by atoms with Gasteiger partial charge in [-0.25, -0.2) is 0 Å². The second-order valence-electron chi connectivity index (χ2n) is 9.30. The molecule has 0 bridgehead atoms. The molecule has 0 radical (unpaired) electrons. The summed E-state index contributed by atoms with van der Waals surface area (Å²) in [5.74, 6) is 0.906. The van der Waals surface area contributed by atoms with Crippen LogP contribution in [0.5, 0.6) is 5.75 Å². The van der Waals surface area contributed by atoms with Gasteiger partial charge < -0.3 is 19.5 Å². The molecule has 0 unspecified atom stereocenters. The van der Waals surface area contributed by atoms with Crippen molar-refractivity contribution in [3.8, 4) is 11.4 Å². The molecule has 6 rings (SSSR count). The Hall–Kier alpha value is -3.35. The molecule has 1 saturated heterocycles. The average Bonchev–Trinajstić information content (AvgIpc) is 3.65. The number of nitrogens with one attached hydrogen (secondary N) is 1. The summed E-state index contributed by atoms with van der Waals surface area (Å²) in [6, 6.07) is 26.1. The Bertz CT molecular complexity index is 1350. The zero-order valence-electron chi connectivity index (χ0n) is 19.8. The second-order valence-corrected chi connectivity index (χ2v) is 10.1. The van der Waals surface area contributed by atoms with E-state index >= 15 is 0 Å². The summed E-state index contributed by atoms with van der Waals surface area (Å²) in [5, 5.41) is 4.91. The summed E-state index contributed by atoms with van der Waals surface area (Å²) in [5.41, 5.74) is 4.04. The number of pyridine rings is 1. The van der Waals surface area contributed by atoms with E-state index in [1.165, 1.54) is 12.8 Å². The molecule has 3 heterocycles. The lowest BCUT2D eigenvalue weighted by Crippen LogP contribution is -2.30. The van der Waals surface area contributed by atoms with E-state index in [9.17, 15) is 0 Å². The van der Waals surface area contributed by atoms with Gasteiger partial charge >= 0.3 is 0 Å². The summed E-state index contributed by atoms with van der Waals surface area (Å²) in [6.45, 7) is 0. The van der Waals surface area contributed by atoms with Gasteiger partial charge in [0.05, 0.1) is 17.8 Å². The van der Waals surface area contributed by atoms with Gasteiger partial charge in [-0.3, -0.25) is 4.98 Å². The molecular weight excluding hydrogens is 488 g/mol. The van der Waals surface area contributed by atoms with Crippen molar-refractivity contribution in [1.29, 1.82) is 0 Å². The molecule has 1 aliphatic carbocycles. The first kappa shape index (κ1) is 23.1. The molecule has 1 N–H and O–H groups in total. The molecule has 36 heavy (non-hydrogen) atoms. The minimum absolute atomic E-state index is 0.122. The first-order chi connectivity index (χ1) is 17.7. The van der Waals surface area contributed by atoms with Gasteiger partial charge in [-0.2, -0.15) is 0 Å². The van der Waals surface area contributed by atoms with Crippen LogP contribution in [0.25, 0.3) is 5.69 Å². The molecule has 2 aromatic heterocycles. The highest BCUT2D eigenvalue weighted by atomic mass is 35.5. The molecule has 2 atom stereocenters. The van der Waals surface area contributed by atoms with Gasteiger partial charge in [0, 0.05) is 34.5 Å². The number of hydrogen-bond acceptors (Lipinski definition) is 3. The molecule has 1 aliphatic heterocycles. The fourth-order valence-corrected chi connectivity index (χ4v) is 5.84. The monoisotopic (exact) mass is 514 g/mol. The van der Waals surface area contributed by atoms with Gasteiger partial charge in [0.2, 0.25) is 0 Å². The van der Waals surface area contributed by atoms with Gasteiger partial charge in [0.25, 0.3) is 0 Å². The van der Waals surface area contributed by atoms with Gasteiger partial charge in [0.1, 0.15) is 11.8 Å². The molecule has 0 spiro atoms. The van der Waals surface area contributed by atoms with Crippen LogP contribution in [0.1, 0.15) is 49.2 Å². The largest absolute Gasteiger partial charge is 0.490 e. The molecule has 5 nitrogen and oxygen atoms in total. The summed E-state index contributed by atoms with van der Waals surface area (Å²) in [6.07, 6.45) is 8.98. The van der Waals surface area contributed by atoms with E-state index in [2.05, 4.69) is 68.4 Å². The minimum Gasteiger partial charge on any atom is -0.490 e. The second kappa shape index (κ2) is 9.96. The summed E-state index contributed by atoms with van der Waals surface area (Å²) >= 11 is 12.2. The Morgan fingerprint density at radius 1 is 0.917 bits per heavy atom. The number of ether oxygens (including phenoxy) is 1. The number of nitrogens with zero attached hydrogens (tertiary/aromatic N) is 3. The normalized spacial score (nSPS) is 20.0. The number of anilines is 1. The third-order valence-electron chi connectivity index (χ3n) is 6.99. The zero-order valence-corrected chi connectivity index (χ0v) is 21.3. The lowest BCUT2D eigenvalue weighted by molar-refractivity contribution is 0.210. The third-order valence-corrected chi connectivity index (χ3v) is 7.54. The lowest BCUT2D eigenvalue weighted by atomic mass is 10.0. The van der Waals surface area contributed by atoms with E-state index in [0.717, 1.165) is 41.4 Å². The van der Waals surface area contributed by atoms with E-state index in [-0.39, 0.29) is 12.1 Å². The van der Waals surface area contributed by atoms with Crippen LogP contribution >= 0.6 is 23.8 Å². The van der Waals surface area contributed by atoms with Crippen molar-refractivity contribution in [3.05, 3.63) is 108 Å². The van der Waals surface area contributed by atoms with Crippen molar-refractivity contribution in [2.45, 2.75) is 43.9 Å². The van der Waals surface area contributed by atoms with Crippen LogP contribution in [0, 0.1) is 0 Å². The first-order valence-electron chi connectivity index (χ1n) is 12.4. The topological polar surface area (TPSA) is 42.3 Å². The van der Waals surface area contributed by atoms with E-state index in [1.807, 2.05) is 42.6 Å². The number of benzene rings is 2. The molecule has 2 aromatic carbocycles. The number of halogens is 1. The maximum absolute atomic E-state index is 6.34. The molecule has 1 saturated carbocycles. The predicted octanol–water partition coefficient (Wildman–Crippen LogP) is 7.02. The number of thiocarbonyl (C=S) groups is 1. The highest BCUT2D eigenvalue weighted by molar-refractivity contribution is 7.80. The van der Waals surface area contributed by atoms with Gasteiger partial charge in [-0.15, -0.1) is 0 Å². The van der Waals surface area contributed by atoms with Crippen LogP contribution in [-0.2, 0) is 0 Å². The van der Waals surface area contributed by atoms with Crippen molar-refractivity contribution >= 4 is 34.6 Å². The van der Waals surface area contributed by atoms with Gasteiger partial charge in [0.15, 0.2) is 5.11 Å². The van der Waals surface area contributed by atoms with E-state index < -0.39 is 0 Å². The first-order valence-corrected chi connectivity index (χ1v) is 13.2. The third kappa shape index (κ3) is 4.47. The standard InChI is InChI=1S/C29H27ClN4OS/c30-20-7-5-8-22(19-20)33-18-6-12-26(33)28-27(25-11-3-4-17-31-25)32-29(36)34(28)21-13-15-24(16-14-21)35-23-9-1-2-10-23/h3-8,11-19,23,27-28H,1-2,9-10H2,(H,32,36)/t27-,28-/m1/s1. The highest BCUT2D eigenvalue weighted by Crippen LogP contribution is 2.42. The molecule has 2 fully saturated rings. The predicted molar refractivity (Wildman–Crippen MR) is 148 cm³/mol. The smallest absolute Gasteiger partial charge is 0.174 e. The number of aromatic nitrogens is 2. The molecule has 0 amide bonds. The van der Waals surface area contributed by atoms with Crippen LogP contribution in [0.2, 0.25) is 5.02 Å². The lowest BCUT2D eigenvalue weighted by Gasteiger charge is -2.29. The van der Waals surface area contributed by atoms with Gasteiger partial charge in [-0.1, -0.05) is 23.7 Å². The maximum Gasteiger partial charge on any atom is 0.174 e. The van der Waals surface area contributed by atoms with Crippen LogP contribution in [0.15, 0.2) is 91.3 Å². The van der Waals surface area contributed by atoms with Crippen LogP contribution in [0.4, 0.5) is 5.69 Å². The van der Waals surface area contributed by atoms with Crippen molar-refractivity contribution in [1.82, 2.24) is 14.9 Å². The number of rotatable bonds is 6. The van der Waals surface area contributed by atoms with Crippen molar-refractivity contribution in [2.75, 3.05) is 4.90 Å². The summed E-state index contributed by atoms with van der Waals surface area (Å²) in [4.78, 5) is 6.86. The Kier molecular flexibility index (Phi) is 6.38. The van der Waals surface area contributed by atoms with E-state index in [1.54, 1.807) is 0 Å². The Labute approximate surface area is 221 Å². The fourth-order valence-electron chi connectivity index (χ4n) is 5.31. The average molecular weight is 515 g/mol. The number of hydrogen-bond donors (Lipinski definition) is 1. The molecule has 182 valence electrons. The summed E-state index contributed by atoms with van der Waals surface area (Å²) < 4.78 is 8.38.